The van der Waals surface area contributed by atoms with Gasteiger partial charge in [0.25, 0.3) is 0 Å². The molecule has 2 aromatic rings. The molecule has 14 heavy (non-hydrogen) atoms. The van der Waals surface area contributed by atoms with Gasteiger partial charge in [-0.2, -0.15) is 0 Å². The number of aryl methyl sites for hydroxylation is 2. The second-order valence-corrected chi connectivity index (χ2v) is 2.92. The summed E-state index contributed by atoms with van der Waals surface area (Å²) in [5, 5.41) is 7.27. The third kappa shape index (κ3) is 1.96. The summed E-state index contributed by atoms with van der Waals surface area (Å²) >= 11 is 0. The van der Waals surface area contributed by atoms with E-state index in [1.807, 2.05) is 6.07 Å². The van der Waals surface area contributed by atoms with Crippen LogP contribution >= 0.6 is 0 Å². The van der Waals surface area contributed by atoms with Crippen molar-refractivity contribution in [1.29, 1.82) is 0 Å². The van der Waals surface area contributed by atoms with Crippen molar-refractivity contribution in [2.45, 2.75) is 12.8 Å². The van der Waals surface area contributed by atoms with Gasteiger partial charge in [-0.15, -0.1) is 10.2 Å². The molecule has 0 saturated carbocycles. The Bertz CT molecular complexity index is 400. The van der Waals surface area contributed by atoms with Crippen molar-refractivity contribution in [2.24, 2.45) is 0 Å². The molecule has 3 nitrogen and oxygen atoms in total. The van der Waals surface area contributed by atoms with E-state index in [0.717, 1.165) is 0 Å². The van der Waals surface area contributed by atoms with Crippen LogP contribution in [-0.2, 0) is 12.8 Å². The Morgan fingerprint density at radius 2 is 2.07 bits per heavy atom. The molecule has 0 amide bonds. The Morgan fingerprint density at radius 1 is 1.21 bits per heavy atom. The smallest absolute Gasteiger partial charge is 0.216 e. The van der Waals surface area contributed by atoms with Crippen LogP contribution in [0.2, 0.25) is 0 Å². The standard InChI is InChI=1S/C10H9FN2O/c11-9-4-2-1-3-8(9)5-6-10-13-12-7-14-10/h1-4,7H,5-6H2. The molecule has 1 aromatic carbocycles. The fraction of sp³-hybridized carbons (Fsp3) is 0.200. The predicted molar refractivity (Wildman–Crippen MR) is 48.1 cm³/mol. The first kappa shape index (κ1) is 8.87. The average molecular weight is 192 g/mol. The minimum atomic E-state index is -0.188. The van der Waals surface area contributed by atoms with Crippen molar-refractivity contribution in [2.75, 3.05) is 0 Å². The quantitative estimate of drug-likeness (QED) is 0.746. The van der Waals surface area contributed by atoms with Gasteiger partial charge in [0.1, 0.15) is 5.82 Å². The summed E-state index contributed by atoms with van der Waals surface area (Å²) in [5.41, 5.74) is 0.672. The first-order valence-corrected chi connectivity index (χ1v) is 4.35. The normalized spacial score (nSPS) is 10.4. The summed E-state index contributed by atoms with van der Waals surface area (Å²) in [6, 6.07) is 6.69. The summed E-state index contributed by atoms with van der Waals surface area (Å²) in [6.07, 6.45) is 2.42. The molecule has 0 bridgehead atoms. The van der Waals surface area contributed by atoms with Crippen LogP contribution in [0.1, 0.15) is 11.5 Å². The summed E-state index contributed by atoms with van der Waals surface area (Å²) in [4.78, 5) is 0. The van der Waals surface area contributed by atoms with Gasteiger partial charge in [-0.25, -0.2) is 4.39 Å². The van der Waals surface area contributed by atoms with Crippen molar-refractivity contribution >= 4 is 0 Å². The monoisotopic (exact) mass is 192 g/mol. The van der Waals surface area contributed by atoms with E-state index in [1.54, 1.807) is 12.1 Å². The van der Waals surface area contributed by atoms with Gasteiger partial charge in [0.15, 0.2) is 0 Å². The van der Waals surface area contributed by atoms with Crippen molar-refractivity contribution in [3.63, 3.8) is 0 Å². The van der Waals surface area contributed by atoms with Crippen LogP contribution in [0.15, 0.2) is 35.1 Å². The van der Waals surface area contributed by atoms with Gasteiger partial charge in [0.05, 0.1) is 0 Å². The number of halogens is 1. The maximum Gasteiger partial charge on any atom is 0.216 e. The highest BCUT2D eigenvalue weighted by atomic mass is 19.1. The van der Waals surface area contributed by atoms with Crippen molar-refractivity contribution in [3.05, 3.63) is 47.9 Å². The topological polar surface area (TPSA) is 38.9 Å². The maximum absolute atomic E-state index is 13.2. The van der Waals surface area contributed by atoms with Gasteiger partial charge in [-0.1, -0.05) is 18.2 Å². The van der Waals surface area contributed by atoms with Gasteiger partial charge in [-0.3, -0.25) is 0 Å². The second kappa shape index (κ2) is 4.00. The zero-order chi connectivity index (χ0) is 9.80. The van der Waals surface area contributed by atoms with Gasteiger partial charge in [-0.05, 0) is 18.1 Å². The summed E-state index contributed by atoms with van der Waals surface area (Å²) < 4.78 is 18.1. The second-order valence-electron chi connectivity index (χ2n) is 2.92. The molecule has 0 aliphatic rings. The van der Waals surface area contributed by atoms with E-state index < -0.39 is 0 Å². The SMILES string of the molecule is Fc1ccccc1CCc1nnco1. The molecule has 0 spiro atoms. The first-order valence-electron chi connectivity index (χ1n) is 4.35. The predicted octanol–water partition coefficient (Wildman–Crippen LogP) is 1.99. The minimum Gasteiger partial charge on any atom is -0.428 e. The van der Waals surface area contributed by atoms with Gasteiger partial charge in [0.2, 0.25) is 12.3 Å². The van der Waals surface area contributed by atoms with Crippen molar-refractivity contribution in [3.8, 4) is 0 Å². The molecule has 72 valence electrons. The third-order valence-electron chi connectivity index (χ3n) is 1.97. The summed E-state index contributed by atoms with van der Waals surface area (Å²) in [7, 11) is 0. The lowest BCUT2D eigenvalue weighted by atomic mass is 10.1. The van der Waals surface area contributed by atoms with E-state index in [4.69, 9.17) is 4.42 Å². The van der Waals surface area contributed by atoms with Crippen LogP contribution in [0.25, 0.3) is 0 Å². The fourth-order valence-electron chi connectivity index (χ4n) is 1.25. The van der Waals surface area contributed by atoms with Crippen molar-refractivity contribution in [1.82, 2.24) is 10.2 Å². The number of rotatable bonds is 3. The van der Waals surface area contributed by atoms with E-state index in [0.29, 0.717) is 24.3 Å². The van der Waals surface area contributed by atoms with Gasteiger partial charge in [0, 0.05) is 6.42 Å². The number of hydrogen-bond acceptors (Lipinski definition) is 3. The molecule has 0 unspecified atom stereocenters. The number of hydrogen-bond donors (Lipinski definition) is 0. The first-order chi connectivity index (χ1) is 6.86. The molecular weight excluding hydrogens is 183 g/mol. The molecular formula is C10H9FN2O. The van der Waals surface area contributed by atoms with Crippen LogP contribution in [0.5, 0.6) is 0 Å². The molecule has 2 rings (SSSR count). The van der Waals surface area contributed by atoms with Gasteiger partial charge >= 0.3 is 0 Å². The number of nitrogens with zero attached hydrogens (tertiary/aromatic N) is 2. The highest BCUT2D eigenvalue weighted by Gasteiger charge is 2.03. The highest BCUT2D eigenvalue weighted by molar-refractivity contribution is 5.17. The Hall–Kier alpha value is -1.71. The number of benzene rings is 1. The molecule has 1 aromatic heterocycles. The Morgan fingerprint density at radius 3 is 2.79 bits per heavy atom. The van der Waals surface area contributed by atoms with Gasteiger partial charge < -0.3 is 4.42 Å². The molecule has 0 atom stereocenters. The highest BCUT2D eigenvalue weighted by Crippen LogP contribution is 2.09. The Balaban J connectivity index is 2.02. The maximum atomic E-state index is 13.2. The van der Waals surface area contributed by atoms with Crippen LogP contribution in [-0.4, -0.2) is 10.2 Å². The molecule has 0 saturated heterocycles. The van der Waals surface area contributed by atoms with Crippen LogP contribution in [0, 0.1) is 5.82 Å². The van der Waals surface area contributed by atoms with Crippen LogP contribution in [0.3, 0.4) is 0 Å². The lowest BCUT2D eigenvalue weighted by molar-refractivity contribution is 0.489. The molecule has 0 fully saturated rings. The average Bonchev–Trinajstić information content (AvgIpc) is 2.69. The lowest BCUT2D eigenvalue weighted by Crippen LogP contribution is -1.94. The number of aromatic nitrogens is 2. The van der Waals surface area contributed by atoms with E-state index in [9.17, 15) is 4.39 Å². The Labute approximate surface area is 80.6 Å². The summed E-state index contributed by atoms with van der Waals surface area (Å²) in [5.74, 6) is 0.347. The molecule has 0 aliphatic heterocycles. The van der Waals surface area contributed by atoms with Crippen LogP contribution in [0.4, 0.5) is 4.39 Å². The molecule has 0 aliphatic carbocycles. The van der Waals surface area contributed by atoms with Crippen molar-refractivity contribution < 1.29 is 8.81 Å². The molecule has 1 heterocycles. The minimum absolute atomic E-state index is 0.188. The molecule has 0 radical (unpaired) electrons. The van der Waals surface area contributed by atoms with E-state index in [1.165, 1.54) is 12.5 Å². The van der Waals surface area contributed by atoms with E-state index >= 15 is 0 Å². The third-order valence-corrected chi connectivity index (χ3v) is 1.97. The largest absolute Gasteiger partial charge is 0.428 e. The zero-order valence-electron chi connectivity index (χ0n) is 7.48. The van der Waals surface area contributed by atoms with E-state index in [2.05, 4.69) is 10.2 Å². The van der Waals surface area contributed by atoms with Crippen LogP contribution < -0.4 is 0 Å². The Kier molecular flexibility index (Phi) is 2.53. The lowest BCUT2D eigenvalue weighted by Gasteiger charge is -1.99. The molecule has 4 heteroatoms. The summed E-state index contributed by atoms with van der Waals surface area (Å²) in [6.45, 7) is 0. The zero-order valence-corrected chi connectivity index (χ0v) is 7.48. The molecule has 0 N–H and O–H groups in total. The van der Waals surface area contributed by atoms with E-state index in [-0.39, 0.29) is 5.82 Å². The fourth-order valence-corrected chi connectivity index (χ4v) is 1.25.